The molecule has 1 atom stereocenters. The van der Waals surface area contributed by atoms with E-state index < -0.39 is 21.2 Å². The molecule has 0 amide bonds. The van der Waals surface area contributed by atoms with Crippen LogP contribution >= 0.6 is 11.8 Å². The van der Waals surface area contributed by atoms with Gasteiger partial charge in [0.25, 0.3) is 0 Å². The van der Waals surface area contributed by atoms with Crippen molar-refractivity contribution < 1.29 is 22.7 Å². The van der Waals surface area contributed by atoms with Gasteiger partial charge in [0, 0.05) is 29.4 Å². The molecule has 1 aromatic rings. The fourth-order valence-corrected chi connectivity index (χ4v) is 5.44. The minimum Gasteiger partial charge on any atom is -0.475 e. The number of sulfone groups is 1. The summed E-state index contributed by atoms with van der Waals surface area (Å²) in [5, 5.41) is 8.47. The number of rotatable bonds is 5. The second-order valence-corrected chi connectivity index (χ2v) is 8.58. The van der Waals surface area contributed by atoms with Crippen LogP contribution in [0.4, 0.5) is 0 Å². The highest BCUT2D eigenvalue weighted by Gasteiger charge is 2.33. The number of carbonyl (C=O) groups is 1. The lowest BCUT2D eigenvalue weighted by atomic mass is 10.2. The maximum atomic E-state index is 12.2. The molecule has 6 nitrogen and oxygen atoms in total. The van der Waals surface area contributed by atoms with Crippen LogP contribution in [-0.4, -0.2) is 53.6 Å². The number of furan rings is 1. The zero-order chi connectivity index (χ0) is 15.6. The van der Waals surface area contributed by atoms with E-state index in [-0.39, 0.29) is 11.5 Å². The largest absolute Gasteiger partial charge is 0.475 e. The van der Waals surface area contributed by atoms with Gasteiger partial charge in [0.05, 0.1) is 6.54 Å². The molecule has 118 valence electrons. The highest BCUT2D eigenvalue weighted by atomic mass is 32.2. The third kappa shape index (κ3) is 3.61. The molecule has 8 heteroatoms. The maximum absolute atomic E-state index is 12.2. The highest BCUT2D eigenvalue weighted by molar-refractivity contribution is 8.01. The number of aryl methyl sites for hydroxylation is 1. The van der Waals surface area contributed by atoms with Gasteiger partial charge < -0.3 is 9.52 Å². The first-order valence-electron chi connectivity index (χ1n) is 6.71. The first kappa shape index (κ1) is 16.4. The molecule has 1 aliphatic heterocycles. The Bertz CT molecular complexity index is 623. The van der Waals surface area contributed by atoms with Gasteiger partial charge in [-0.3, -0.25) is 4.90 Å². The van der Waals surface area contributed by atoms with Crippen LogP contribution < -0.4 is 0 Å². The number of thioether (sulfide) groups is 1. The summed E-state index contributed by atoms with van der Waals surface area (Å²) in [5.74, 6) is 0.819. The summed E-state index contributed by atoms with van der Waals surface area (Å²) in [7, 11) is -3.16. The number of hydrogen-bond donors (Lipinski definition) is 1. The van der Waals surface area contributed by atoms with E-state index in [4.69, 9.17) is 9.52 Å². The normalized spacial score (nSPS) is 20.6. The van der Waals surface area contributed by atoms with Gasteiger partial charge in [-0.25, -0.2) is 13.2 Å². The fourth-order valence-electron chi connectivity index (χ4n) is 2.36. The average Bonchev–Trinajstić information content (AvgIpc) is 2.80. The van der Waals surface area contributed by atoms with Gasteiger partial charge in [-0.15, -0.1) is 0 Å². The molecule has 2 heterocycles. The van der Waals surface area contributed by atoms with Crippen molar-refractivity contribution in [3.63, 3.8) is 0 Å². The molecular formula is C13H19NO5S2. The van der Waals surface area contributed by atoms with E-state index in [0.29, 0.717) is 30.2 Å². The van der Waals surface area contributed by atoms with Gasteiger partial charge in [0.1, 0.15) is 11.1 Å². The van der Waals surface area contributed by atoms with Gasteiger partial charge in [0.15, 0.2) is 9.84 Å². The first-order valence-corrected chi connectivity index (χ1v) is 9.58. The van der Waals surface area contributed by atoms with Crippen LogP contribution in [0.3, 0.4) is 0 Å². The summed E-state index contributed by atoms with van der Waals surface area (Å²) in [6.45, 7) is 4.28. The summed E-state index contributed by atoms with van der Waals surface area (Å²) in [6.07, 6.45) is 0. The molecule has 0 bridgehead atoms. The molecule has 21 heavy (non-hydrogen) atoms. The van der Waals surface area contributed by atoms with Gasteiger partial charge in [-0.1, -0.05) is 6.92 Å². The predicted octanol–water partition coefficient (Wildman–Crippen LogP) is 1.60. The molecule has 0 saturated carbocycles. The summed E-state index contributed by atoms with van der Waals surface area (Å²) < 4.78 is 29.6. The quantitative estimate of drug-likeness (QED) is 0.875. The summed E-state index contributed by atoms with van der Waals surface area (Å²) in [5.41, 5.74) is 0.554. The van der Waals surface area contributed by atoms with E-state index >= 15 is 0 Å². The van der Waals surface area contributed by atoms with E-state index in [2.05, 4.69) is 0 Å². The smallest absolute Gasteiger partial charge is 0.372 e. The molecule has 1 fully saturated rings. The average molecular weight is 333 g/mol. The Morgan fingerprint density at radius 3 is 2.86 bits per heavy atom. The number of carboxylic acids is 1. The van der Waals surface area contributed by atoms with Crippen LogP contribution in [0.25, 0.3) is 0 Å². The molecule has 0 aromatic carbocycles. The standard InChI is InChI=1S/C13H19NO5S2/c1-3-21(17,18)11-8-20-5-4-14(11)7-10-6-9(2)12(19-10)13(15)16/h6,11H,3-5,7-8H2,1-2H3,(H,15,16). The molecule has 1 saturated heterocycles. The van der Waals surface area contributed by atoms with Crippen LogP contribution in [-0.2, 0) is 16.4 Å². The van der Waals surface area contributed by atoms with Crippen molar-refractivity contribution in [1.82, 2.24) is 4.90 Å². The lowest BCUT2D eigenvalue weighted by Crippen LogP contribution is -2.47. The van der Waals surface area contributed by atoms with E-state index in [0.717, 1.165) is 5.75 Å². The topological polar surface area (TPSA) is 87.8 Å². The van der Waals surface area contributed by atoms with Crippen molar-refractivity contribution in [3.8, 4) is 0 Å². The van der Waals surface area contributed by atoms with Gasteiger partial charge in [-0.2, -0.15) is 11.8 Å². The third-order valence-corrected chi connectivity index (χ3v) is 6.86. The second-order valence-electron chi connectivity index (χ2n) is 4.98. The zero-order valence-electron chi connectivity index (χ0n) is 12.0. The minimum atomic E-state index is -3.16. The number of hydrogen-bond acceptors (Lipinski definition) is 6. The number of carboxylic acid groups (broad SMARTS) is 1. The lowest BCUT2D eigenvalue weighted by molar-refractivity contribution is 0.0657. The molecule has 1 aromatic heterocycles. The van der Waals surface area contributed by atoms with Crippen LogP contribution in [0.5, 0.6) is 0 Å². The number of aromatic carboxylic acids is 1. The molecular weight excluding hydrogens is 314 g/mol. The Hall–Kier alpha value is -0.990. The van der Waals surface area contributed by atoms with E-state index in [1.54, 1.807) is 31.7 Å². The SMILES string of the molecule is CCS(=O)(=O)C1CSCCN1Cc1cc(C)c(C(=O)O)o1. The van der Waals surface area contributed by atoms with Crippen molar-refractivity contribution in [2.75, 3.05) is 23.8 Å². The molecule has 0 spiro atoms. The van der Waals surface area contributed by atoms with Crippen LogP contribution in [0.15, 0.2) is 10.5 Å². The highest BCUT2D eigenvalue weighted by Crippen LogP contribution is 2.25. The Kier molecular flexibility index (Phi) is 5.00. The van der Waals surface area contributed by atoms with E-state index in [1.807, 2.05) is 4.90 Å². The minimum absolute atomic E-state index is 0.0775. The lowest BCUT2D eigenvalue weighted by Gasteiger charge is -2.33. The Morgan fingerprint density at radius 2 is 2.29 bits per heavy atom. The molecule has 1 aliphatic rings. The third-order valence-electron chi connectivity index (χ3n) is 3.53. The Morgan fingerprint density at radius 1 is 1.57 bits per heavy atom. The Balaban J connectivity index is 2.20. The van der Waals surface area contributed by atoms with E-state index in [9.17, 15) is 13.2 Å². The van der Waals surface area contributed by atoms with Crippen molar-refractivity contribution in [1.29, 1.82) is 0 Å². The molecule has 0 radical (unpaired) electrons. The van der Waals surface area contributed by atoms with E-state index in [1.165, 1.54) is 0 Å². The second kappa shape index (κ2) is 6.41. The van der Waals surface area contributed by atoms with Crippen LogP contribution in [0.1, 0.15) is 28.8 Å². The predicted molar refractivity (Wildman–Crippen MR) is 81.4 cm³/mol. The van der Waals surface area contributed by atoms with Crippen molar-refractivity contribution in [3.05, 3.63) is 23.2 Å². The number of nitrogens with zero attached hydrogens (tertiary/aromatic N) is 1. The van der Waals surface area contributed by atoms with Gasteiger partial charge >= 0.3 is 5.97 Å². The van der Waals surface area contributed by atoms with Crippen LogP contribution in [0.2, 0.25) is 0 Å². The van der Waals surface area contributed by atoms with Gasteiger partial charge in [0.2, 0.25) is 5.76 Å². The molecule has 1 unspecified atom stereocenters. The monoisotopic (exact) mass is 333 g/mol. The fraction of sp³-hybridized carbons (Fsp3) is 0.615. The summed E-state index contributed by atoms with van der Waals surface area (Å²) in [4.78, 5) is 12.9. The Labute approximate surface area is 128 Å². The summed E-state index contributed by atoms with van der Waals surface area (Å²) >= 11 is 1.63. The van der Waals surface area contributed by atoms with Crippen molar-refractivity contribution >= 4 is 27.6 Å². The van der Waals surface area contributed by atoms with Gasteiger partial charge in [-0.05, 0) is 13.0 Å². The first-order chi connectivity index (χ1) is 9.85. The van der Waals surface area contributed by atoms with Crippen molar-refractivity contribution in [2.45, 2.75) is 25.8 Å². The molecule has 1 N–H and O–H groups in total. The summed E-state index contributed by atoms with van der Waals surface area (Å²) in [6, 6.07) is 1.67. The molecule has 0 aliphatic carbocycles. The van der Waals surface area contributed by atoms with Crippen LogP contribution in [0, 0.1) is 6.92 Å². The van der Waals surface area contributed by atoms with Crippen molar-refractivity contribution in [2.24, 2.45) is 0 Å². The maximum Gasteiger partial charge on any atom is 0.372 e. The molecule has 2 rings (SSSR count). The zero-order valence-corrected chi connectivity index (χ0v) is 13.7.